The van der Waals surface area contributed by atoms with Crippen LogP contribution in [0.25, 0.3) is 10.9 Å². The molecule has 2 aliphatic heterocycles. The summed E-state index contributed by atoms with van der Waals surface area (Å²) in [6.45, 7) is 4.43. The largest absolute Gasteiger partial charge is 0.376 e. The van der Waals surface area contributed by atoms with Crippen LogP contribution in [0.3, 0.4) is 0 Å². The van der Waals surface area contributed by atoms with Gasteiger partial charge in [-0.15, -0.1) is 0 Å². The van der Waals surface area contributed by atoms with Crippen LogP contribution >= 0.6 is 0 Å². The van der Waals surface area contributed by atoms with E-state index in [-0.39, 0.29) is 35.9 Å². The summed E-state index contributed by atoms with van der Waals surface area (Å²) in [5, 5.41) is 0.531. The number of piperidine rings is 1. The predicted octanol–water partition coefficient (Wildman–Crippen LogP) is 3.29. The molecule has 2 saturated heterocycles. The van der Waals surface area contributed by atoms with E-state index in [9.17, 15) is 14.4 Å². The number of aromatic amines is 1. The molecule has 8 nitrogen and oxygen atoms in total. The highest BCUT2D eigenvalue weighted by Gasteiger charge is 2.33. The Morgan fingerprint density at radius 2 is 1.83 bits per heavy atom. The topological polar surface area (TPSA) is 95.6 Å². The highest BCUT2D eigenvalue weighted by molar-refractivity contribution is 5.95. The first-order chi connectivity index (χ1) is 17.5. The zero-order chi connectivity index (χ0) is 25.1. The van der Waals surface area contributed by atoms with Crippen molar-refractivity contribution in [3.8, 4) is 0 Å². The lowest BCUT2D eigenvalue weighted by Gasteiger charge is -2.35. The van der Waals surface area contributed by atoms with Gasteiger partial charge in [0.1, 0.15) is 5.82 Å². The van der Waals surface area contributed by atoms with Gasteiger partial charge in [-0.3, -0.25) is 14.4 Å². The number of hydrogen-bond donors (Lipinski definition) is 1. The maximum Gasteiger partial charge on any atom is 0.258 e. The zero-order valence-electron chi connectivity index (χ0n) is 20.6. The van der Waals surface area contributed by atoms with Crippen molar-refractivity contribution >= 4 is 22.7 Å². The summed E-state index contributed by atoms with van der Waals surface area (Å²) in [6, 6.07) is 14.8. The van der Waals surface area contributed by atoms with E-state index in [1.807, 2.05) is 54.3 Å². The van der Waals surface area contributed by atoms with Crippen LogP contribution in [-0.4, -0.2) is 63.9 Å². The van der Waals surface area contributed by atoms with Gasteiger partial charge in [-0.1, -0.05) is 30.3 Å². The van der Waals surface area contributed by atoms with Crippen molar-refractivity contribution < 1.29 is 14.3 Å². The lowest BCUT2D eigenvalue weighted by Crippen LogP contribution is -2.46. The second-order valence-corrected chi connectivity index (χ2v) is 9.76. The Morgan fingerprint density at radius 3 is 2.58 bits per heavy atom. The van der Waals surface area contributed by atoms with Crippen molar-refractivity contribution in [2.24, 2.45) is 5.92 Å². The standard InChI is InChI=1S/C28H32N4O4/c1-19-7-2-3-9-22(19)28(35)31-14-12-20(13-15-31)27(34)32(17-21-8-6-16-36-21)18-25-29-24-11-5-4-10-23(24)26(33)30-25/h2-5,7,9-11,20-21H,6,8,12-18H2,1H3,(H,29,30,33). The van der Waals surface area contributed by atoms with Gasteiger partial charge < -0.3 is 19.5 Å². The van der Waals surface area contributed by atoms with Crippen LogP contribution in [0.1, 0.15) is 47.4 Å². The molecule has 0 radical (unpaired) electrons. The highest BCUT2D eigenvalue weighted by atomic mass is 16.5. The van der Waals surface area contributed by atoms with E-state index in [0.717, 1.165) is 18.4 Å². The summed E-state index contributed by atoms with van der Waals surface area (Å²) in [4.78, 5) is 50.4. The summed E-state index contributed by atoms with van der Waals surface area (Å²) >= 11 is 0. The number of aryl methyl sites for hydroxylation is 1. The summed E-state index contributed by atoms with van der Waals surface area (Å²) in [5.74, 6) is 0.342. The van der Waals surface area contributed by atoms with Gasteiger partial charge in [-0.05, 0) is 56.4 Å². The van der Waals surface area contributed by atoms with E-state index in [1.54, 1.807) is 11.0 Å². The number of rotatable bonds is 6. The molecule has 8 heteroatoms. The molecule has 0 bridgehead atoms. The molecule has 1 aromatic heterocycles. The number of carbonyl (C=O) groups excluding carboxylic acids is 2. The van der Waals surface area contributed by atoms with Crippen molar-refractivity contribution in [1.29, 1.82) is 0 Å². The zero-order valence-corrected chi connectivity index (χ0v) is 20.6. The van der Waals surface area contributed by atoms with E-state index in [0.29, 0.717) is 61.4 Å². The van der Waals surface area contributed by atoms with E-state index in [4.69, 9.17) is 4.74 Å². The number of aromatic nitrogens is 2. The first-order valence-electron chi connectivity index (χ1n) is 12.7. The lowest BCUT2D eigenvalue weighted by molar-refractivity contribution is -0.139. The van der Waals surface area contributed by atoms with Crippen LogP contribution in [-0.2, 0) is 16.1 Å². The van der Waals surface area contributed by atoms with Crippen molar-refractivity contribution in [2.45, 2.75) is 45.3 Å². The molecule has 0 spiro atoms. The maximum absolute atomic E-state index is 13.7. The Bertz CT molecular complexity index is 1310. The average molecular weight is 489 g/mol. The van der Waals surface area contributed by atoms with E-state index in [2.05, 4.69) is 9.97 Å². The Kier molecular flexibility index (Phi) is 7.13. The number of likely N-dealkylation sites (tertiary alicyclic amines) is 1. The number of H-pyrrole nitrogens is 1. The van der Waals surface area contributed by atoms with Crippen LogP contribution in [0, 0.1) is 12.8 Å². The smallest absolute Gasteiger partial charge is 0.258 e. The average Bonchev–Trinajstić information content (AvgIpc) is 3.41. The van der Waals surface area contributed by atoms with Gasteiger partial charge in [0.25, 0.3) is 11.5 Å². The number of nitrogens with zero attached hydrogens (tertiary/aromatic N) is 3. The van der Waals surface area contributed by atoms with Crippen LogP contribution < -0.4 is 5.56 Å². The normalized spacial score (nSPS) is 18.5. The van der Waals surface area contributed by atoms with E-state index < -0.39 is 0 Å². The molecule has 2 aromatic carbocycles. The van der Waals surface area contributed by atoms with Crippen molar-refractivity contribution in [2.75, 3.05) is 26.2 Å². The molecule has 3 heterocycles. The number of para-hydroxylation sites is 1. The summed E-state index contributed by atoms with van der Waals surface area (Å²) in [7, 11) is 0. The van der Waals surface area contributed by atoms with Crippen molar-refractivity contribution in [3.05, 3.63) is 75.8 Å². The molecule has 36 heavy (non-hydrogen) atoms. The van der Waals surface area contributed by atoms with Crippen LogP contribution in [0.15, 0.2) is 53.3 Å². The minimum Gasteiger partial charge on any atom is -0.376 e. The molecule has 1 unspecified atom stereocenters. The molecule has 2 aliphatic rings. The number of fused-ring (bicyclic) bond motifs is 1. The molecule has 188 valence electrons. The van der Waals surface area contributed by atoms with E-state index in [1.165, 1.54) is 0 Å². The SMILES string of the molecule is Cc1ccccc1C(=O)N1CCC(C(=O)N(Cc2nc3ccccc3c(=O)[nH]2)CC2CCCO2)CC1. The third-order valence-corrected chi connectivity index (χ3v) is 7.27. The molecular weight excluding hydrogens is 456 g/mol. The van der Waals surface area contributed by atoms with Gasteiger partial charge >= 0.3 is 0 Å². The molecule has 0 aliphatic carbocycles. The monoisotopic (exact) mass is 488 g/mol. The van der Waals surface area contributed by atoms with Gasteiger partial charge in [-0.2, -0.15) is 0 Å². The van der Waals surface area contributed by atoms with Gasteiger partial charge in [-0.25, -0.2) is 4.98 Å². The lowest BCUT2D eigenvalue weighted by atomic mass is 9.94. The predicted molar refractivity (Wildman–Crippen MR) is 137 cm³/mol. The number of ether oxygens (including phenoxy) is 1. The molecule has 3 aromatic rings. The number of hydrogen-bond acceptors (Lipinski definition) is 5. The fourth-order valence-corrected chi connectivity index (χ4v) is 5.23. The number of carbonyl (C=O) groups is 2. The van der Waals surface area contributed by atoms with Crippen molar-refractivity contribution in [3.63, 3.8) is 0 Å². The first kappa shape index (κ1) is 24.2. The number of amides is 2. The minimum absolute atomic E-state index is 0.0103. The van der Waals surface area contributed by atoms with Crippen LogP contribution in [0.2, 0.25) is 0 Å². The fourth-order valence-electron chi connectivity index (χ4n) is 5.23. The third kappa shape index (κ3) is 5.18. The summed E-state index contributed by atoms with van der Waals surface area (Å²) in [6.07, 6.45) is 3.11. The molecule has 2 fully saturated rings. The minimum atomic E-state index is -0.205. The Balaban J connectivity index is 1.30. The first-order valence-corrected chi connectivity index (χ1v) is 12.7. The third-order valence-electron chi connectivity index (χ3n) is 7.27. The Hall–Kier alpha value is -3.52. The second kappa shape index (κ2) is 10.6. The molecular formula is C28H32N4O4. The quantitative estimate of drug-likeness (QED) is 0.575. The van der Waals surface area contributed by atoms with E-state index >= 15 is 0 Å². The summed E-state index contributed by atoms with van der Waals surface area (Å²) in [5.41, 5.74) is 2.08. The van der Waals surface area contributed by atoms with Crippen molar-refractivity contribution in [1.82, 2.24) is 19.8 Å². The molecule has 5 rings (SSSR count). The molecule has 0 saturated carbocycles. The van der Waals surface area contributed by atoms with Gasteiger partial charge in [0.2, 0.25) is 5.91 Å². The maximum atomic E-state index is 13.7. The molecule has 1 atom stereocenters. The molecule has 2 amide bonds. The number of benzene rings is 2. The van der Waals surface area contributed by atoms with Crippen LogP contribution in [0.4, 0.5) is 0 Å². The van der Waals surface area contributed by atoms with Gasteiger partial charge in [0.15, 0.2) is 0 Å². The van der Waals surface area contributed by atoms with Gasteiger partial charge in [0, 0.05) is 37.7 Å². The Morgan fingerprint density at radius 1 is 1.08 bits per heavy atom. The van der Waals surface area contributed by atoms with Crippen LogP contribution in [0.5, 0.6) is 0 Å². The highest BCUT2D eigenvalue weighted by Crippen LogP contribution is 2.24. The fraction of sp³-hybridized carbons (Fsp3) is 0.429. The van der Waals surface area contributed by atoms with Gasteiger partial charge in [0.05, 0.1) is 23.6 Å². The second-order valence-electron chi connectivity index (χ2n) is 9.76. The molecule has 1 N–H and O–H groups in total. The Labute approximate surface area is 210 Å². The number of nitrogens with one attached hydrogen (secondary N) is 1. The summed E-state index contributed by atoms with van der Waals surface area (Å²) < 4.78 is 5.82.